The van der Waals surface area contributed by atoms with Gasteiger partial charge in [0, 0.05) is 6.04 Å². The largest absolute Gasteiger partial charge is 0.452 e. The topological polar surface area (TPSA) is 102 Å². The van der Waals surface area contributed by atoms with Crippen LogP contribution >= 0.6 is 0 Å². The predicted octanol–water partition coefficient (Wildman–Crippen LogP) is 3.15. The van der Waals surface area contributed by atoms with Crippen LogP contribution in [0.15, 0.2) is 47.4 Å². The molecule has 160 valence electrons. The smallest absolute Gasteiger partial charge is 0.340 e. The molecule has 2 aromatic rings. The molecule has 0 radical (unpaired) electrons. The number of carbonyl (C=O) groups excluding carboxylic acids is 2. The van der Waals surface area contributed by atoms with Crippen LogP contribution in [0, 0.1) is 12.7 Å². The summed E-state index contributed by atoms with van der Waals surface area (Å²) in [5, 5.41) is 2.81. The second kappa shape index (κ2) is 9.25. The van der Waals surface area contributed by atoms with Gasteiger partial charge < -0.3 is 10.1 Å². The second-order valence-electron chi connectivity index (χ2n) is 7.19. The molecule has 0 saturated heterocycles. The maximum atomic E-state index is 13.3. The van der Waals surface area contributed by atoms with Crippen molar-refractivity contribution < 1.29 is 27.1 Å². The third-order valence-electron chi connectivity index (χ3n) is 4.87. The van der Waals surface area contributed by atoms with Gasteiger partial charge in [-0.3, -0.25) is 9.52 Å². The van der Waals surface area contributed by atoms with Gasteiger partial charge in [0.15, 0.2) is 6.61 Å². The first-order valence-electron chi connectivity index (χ1n) is 9.61. The number of hydrogen-bond acceptors (Lipinski definition) is 5. The van der Waals surface area contributed by atoms with Crippen molar-refractivity contribution in [2.24, 2.45) is 0 Å². The van der Waals surface area contributed by atoms with Gasteiger partial charge >= 0.3 is 5.97 Å². The maximum Gasteiger partial charge on any atom is 0.340 e. The summed E-state index contributed by atoms with van der Waals surface area (Å²) in [7, 11) is -4.07. The molecule has 1 aliphatic carbocycles. The van der Waals surface area contributed by atoms with Gasteiger partial charge in [-0.25, -0.2) is 17.6 Å². The van der Waals surface area contributed by atoms with E-state index in [0.717, 1.165) is 43.9 Å². The summed E-state index contributed by atoms with van der Waals surface area (Å²) in [6, 6.07) is 9.32. The minimum Gasteiger partial charge on any atom is -0.452 e. The molecule has 7 nitrogen and oxygen atoms in total. The number of amides is 1. The number of rotatable bonds is 7. The van der Waals surface area contributed by atoms with Crippen LogP contribution in [0.25, 0.3) is 0 Å². The van der Waals surface area contributed by atoms with Gasteiger partial charge in [-0.05, 0) is 55.7 Å². The lowest BCUT2D eigenvalue weighted by Gasteiger charge is -2.14. The third kappa shape index (κ3) is 5.35. The lowest BCUT2D eigenvalue weighted by atomic mass is 10.2. The fourth-order valence-electron chi connectivity index (χ4n) is 3.41. The molecule has 1 saturated carbocycles. The van der Waals surface area contributed by atoms with Crippen LogP contribution in [0.3, 0.4) is 0 Å². The van der Waals surface area contributed by atoms with E-state index < -0.39 is 34.3 Å². The number of para-hydroxylation sites is 1. The van der Waals surface area contributed by atoms with Gasteiger partial charge in [0.05, 0.1) is 16.1 Å². The van der Waals surface area contributed by atoms with Crippen LogP contribution in [0.5, 0.6) is 0 Å². The molecule has 0 aliphatic heterocycles. The molecule has 2 aromatic carbocycles. The number of benzene rings is 2. The highest BCUT2D eigenvalue weighted by Crippen LogP contribution is 2.23. The maximum absolute atomic E-state index is 13.3. The van der Waals surface area contributed by atoms with E-state index in [2.05, 4.69) is 10.0 Å². The number of carbonyl (C=O) groups is 2. The number of aryl methyl sites for hydroxylation is 1. The Bertz CT molecular complexity index is 1050. The van der Waals surface area contributed by atoms with Crippen molar-refractivity contribution in [2.45, 2.75) is 43.5 Å². The van der Waals surface area contributed by atoms with Gasteiger partial charge in [-0.1, -0.05) is 25.0 Å². The minimum absolute atomic E-state index is 0.00225. The van der Waals surface area contributed by atoms with Crippen molar-refractivity contribution in [3.8, 4) is 0 Å². The lowest BCUT2D eigenvalue weighted by molar-refractivity contribution is -0.124. The number of anilines is 1. The number of halogens is 1. The Kier molecular flexibility index (Phi) is 6.71. The van der Waals surface area contributed by atoms with Crippen molar-refractivity contribution >= 4 is 27.6 Å². The van der Waals surface area contributed by atoms with Gasteiger partial charge in [-0.15, -0.1) is 0 Å². The summed E-state index contributed by atoms with van der Waals surface area (Å²) in [4.78, 5) is 24.3. The highest BCUT2D eigenvalue weighted by atomic mass is 32.2. The van der Waals surface area contributed by atoms with Gasteiger partial charge in [-0.2, -0.15) is 0 Å². The van der Waals surface area contributed by atoms with Gasteiger partial charge in [0.25, 0.3) is 15.9 Å². The van der Waals surface area contributed by atoms with Crippen LogP contribution in [0.4, 0.5) is 10.1 Å². The first-order chi connectivity index (χ1) is 14.3. The van der Waals surface area contributed by atoms with E-state index in [-0.39, 0.29) is 27.8 Å². The Morgan fingerprint density at radius 3 is 2.53 bits per heavy atom. The average Bonchev–Trinajstić information content (AvgIpc) is 3.19. The fourth-order valence-corrected chi connectivity index (χ4v) is 4.72. The molecule has 0 bridgehead atoms. The zero-order valence-electron chi connectivity index (χ0n) is 16.5. The molecule has 0 spiro atoms. The molecular weight excluding hydrogens is 411 g/mol. The number of esters is 1. The Morgan fingerprint density at radius 2 is 1.83 bits per heavy atom. The van der Waals surface area contributed by atoms with Crippen molar-refractivity contribution in [3.05, 3.63) is 59.4 Å². The van der Waals surface area contributed by atoms with Crippen molar-refractivity contribution in [1.29, 1.82) is 0 Å². The Balaban J connectivity index is 1.70. The van der Waals surface area contributed by atoms with E-state index in [0.29, 0.717) is 0 Å². The molecule has 3 rings (SSSR count). The zero-order chi connectivity index (χ0) is 21.7. The summed E-state index contributed by atoms with van der Waals surface area (Å²) in [6.45, 7) is 1.02. The SMILES string of the molecule is Cc1cc(F)ccc1S(=O)(=O)Nc1ccccc1C(=O)OCC(=O)NC1CCCC1. The summed E-state index contributed by atoms with van der Waals surface area (Å²) in [5.74, 6) is -1.77. The van der Waals surface area contributed by atoms with E-state index in [4.69, 9.17) is 4.74 Å². The summed E-state index contributed by atoms with van der Waals surface area (Å²) >= 11 is 0. The van der Waals surface area contributed by atoms with Crippen molar-refractivity contribution in [2.75, 3.05) is 11.3 Å². The molecular formula is C21H23FN2O5S. The quantitative estimate of drug-likeness (QED) is 0.652. The van der Waals surface area contributed by atoms with E-state index in [9.17, 15) is 22.4 Å². The first-order valence-corrected chi connectivity index (χ1v) is 11.1. The Hall–Kier alpha value is -2.94. The molecule has 30 heavy (non-hydrogen) atoms. The standard InChI is InChI=1S/C21H23FN2O5S/c1-14-12-15(22)10-11-19(14)30(27,28)24-18-9-5-4-8-17(18)21(26)29-13-20(25)23-16-6-2-3-7-16/h4-5,8-12,16,24H,2-3,6-7,13H2,1H3,(H,23,25). The van der Waals surface area contributed by atoms with Crippen molar-refractivity contribution in [1.82, 2.24) is 5.32 Å². The molecule has 1 aliphatic rings. The minimum atomic E-state index is -4.07. The predicted molar refractivity (Wildman–Crippen MR) is 109 cm³/mol. The Labute approximate surface area is 174 Å². The second-order valence-corrected chi connectivity index (χ2v) is 8.84. The highest BCUT2D eigenvalue weighted by Gasteiger charge is 2.22. The molecule has 1 amide bonds. The number of hydrogen-bond donors (Lipinski definition) is 2. The van der Waals surface area contributed by atoms with E-state index in [1.165, 1.54) is 19.1 Å². The molecule has 0 atom stereocenters. The van der Waals surface area contributed by atoms with Crippen molar-refractivity contribution in [3.63, 3.8) is 0 Å². The molecule has 0 heterocycles. The molecule has 0 unspecified atom stereocenters. The normalized spacial score (nSPS) is 14.3. The monoisotopic (exact) mass is 434 g/mol. The van der Waals surface area contributed by atoms with Crippen LogP contribution < -0.4 is 10.0 Å². The van der Waals surface area contributed by atoms with Crippen LogP contribution in [-0.4, -0.2) is 32.9 Å². The van der Waals surface area contributed by atoms with E-state index >= 15 is 0 Å². The number of ether oxygens (including phenoxy) is 1. The van der Waals surface area contributed by atoms with Crippen LogP contribution in [-0.2, 0) is 19.6 Å². The number of sulfonamides is 1. The molecule has 0 aromatic heterocycles. The highest BCUT2D eigenvalue weighted by molar-refractivity contribution is 7.92. The summed E-state index contributed by atoms with van der Waals surface area (Å²) < 4.78 is 46.1. The summed E-state index contributed by atoms with van der Waals surface area (Å²) in [6.07, 6.45) is 3.94. The molecule has 9 heteroatoms. The molecule has 2 N–H and O–H groups in total. The average molecular weight is 434 g/mol. The Morgan fingerprint density at radius 1 is 1.13 bits per heavy atom. The summed E-state index contributed by atoms with van der Waals surface area (Å²) in [5.41, 5.74) is 0.197. The van der Waals surface area contributed by atoms with Gasteiger partial charge in [0.1, 0.15) is 5.82 Å². The van der Waals surface area contributed by atoms with Gasteiger partial charge in [0.2, 0.25) is 0 Å². The molecule has 1 fully saturated rings. The lowest BCUT2D eigenvalue weighted by Crippen LogP contribution is -2.36. The van der Waals surface area contributed by atoms with Crippen LogP contribution in [0.2, 0.25) is 0 Å². The van der Waals surface area contributed by atoms with E-state index in [1.54, 1.807) is 12.1 Å². The van der Waals surface area contributed by atoms with E-state index in [1.807, 2.05) is 0 Å². The van der Waals surface area contributed by atoms with Crippen LogP contribution in [0.1, 0.15) is 41.6 Å². The first kappa shape index (κ1) is 21.8. The third-order valence-corrected chi connectivity index (χ3v) is 6.40. The fraction of sp³-hybridized carbons (Fsp3) is 0.333. The zero-order valence-corrected chi connectivity index (χ0v) is 17.3. The number of nitrogens with one attached hydrogen (secondary N) is 2.